The topological polar surface area (TPSA) is 157 Å². The van der Waals surface area contributed by atoms with Crippen LogP contribution in [-0.2, 0) is 22.4 Å². The Kier molecular flexibility index (Phi) is 21.9. The van der Waals surface area contributed by atoms with Crippen molar-refractivity contribution in [3.8, 4) is 11.5 Å². The van der Waals surface area contributed by atoms with Crippen LogP contribution in [0, 0.1) is 11.8 Å². The number of carbonyl (C=O) groups is 4. The maximum atomic E-state index is 13.1. The molecule has 2 aromatic carbocycles. The van der Waals surface area contributed by atoms with E-state index in [1.54, 1.807) is 18.2 Å². The van der Waals surface area contributed by atoms with Crippen molar-refractivity contribution in [1.29, 1.82) is 0 Å². The molecular weight excluding hydrogens is 656 g/mol. The molecule has 10 nitrogen and oxygen atoms in total. The van der Waals surface area contributed by atoms with Gasteiger partial charge in [0.05, 0.1) is 11.1 Å². The number of benzene rings is 2. The van der Waals surface area contributed by atoms with E-state index in [-0.39, 0.29) is 46.3 Å². The smallest absolute Gasteiger partial charge is 0.273 e. The van der Waals surface area contributed by atoms with Crippen LogP contribution >= 0.6 is 0 Å². The largest absolute Gasteiger partial charge is 0.507 e. The van der Waals surface area contributed by atoms with E-state index in [0.29, 0.717) is 44.9 Å². The van der Waals surface area contributed by atoms with Crippen molar-refractivity contribution < 1.29 is 29.4 Å². The Labute approximate surface area is 312 Å². The fraction of sp³-hybridized carbons (Fsp3) is 0.619. The summed E-state index contributed by atoms with van der Waals surface area (Å²) in [5.41, 5.74) is 11.7. The molecule has 2 aromatic rings. The lowest BCUT2D eigenvalue weighted by atomic mass is 9.92. The fourth-order valence-corrected chi connectivity index (χ4v) is 6.61. The number of hydrazine groups is 2. The van der Waals surface area contributed by atoms with Crippen LogP contribution in [0.1, 0.15) is 175 Å². The zero-order valence-electron chi connectivity index (χ0n) is 32.3. The predicted molar refractivity (Wildman–Crippen MR) is 208 cm³/mol. The number of hydrogen-bond donors (Lipinski definition) is 6. The Balaban J connectivity index is 1.83. The minimum absolute atomic E-state index is 0.0539. The number of phenolic OH excluding ortho intramolecular Hbond substituents is 2. The molecule has 0 spiro atoms. The van der Waals surface area contributed by atoms with Crippen LogP contribution in [0.3, 0.4) is 0 Å². The second-order valence-electron chi connectivity index (χ2n) is 14.1. The summed E-state index contributed by atoms with van der Waals surface area (Å²) in [6.45, 7) is 8.25. The molecule has 0 aromatic heterocycles. The first kappa shape index (κ1) is 44.1. The summed E-state index contributed by atoms with van der Waals surface area (Å²) in [6.07, 6.45) is 18.5. The highest BCUT2D eigenvalue weighted by atomic mass is 16.3. The van der Waals surface area contributed by atoms with Crippen LogP contribution in [0.2, 0.25) is 0 Å². The summed E-state index contributed by atoms with van der Waals surface area (Å²) in [5.74, 6) is -2.67. The standard InChI is InChI=1S/C42H66N4O6/c1-5-9-11-13-15-17-23-32-26-20-29-35(37(32)47)41(51)45-43-39(49)31(8-4)25-19-28-34(22-7-3)40(50)44-46-42(52)36-30-21-27-33(38(36)48)24-18-16-14-12-10-6-2/h20-21,26-27,29-31,34,47-48H,5-19,22-25,28H2,1-4H3,(H,43,49)(H,44,50)(H,45,51)(H,46,52). The van der Waals surface area contributed by atoms with Crippen LogP contribution < -0.4 is 21.7 Å². The molecular formula is C42H66N4O6. The van der Waals surface area contributed by atoms with E-state index in [2.05, 4.69) is 35.6 Å². The zero-order chi connectivity index (χ0) is 38.1. The van der Waals surface area contributed by atoms with Crippen molar-refractivity contribution in [2.24, 2.45) is 11.8 Å². The summed E-state index contributed by atoms with van der Waals surface area (Å²) in [7, 11) is 0. The van der Waals surface area contributed by atoms with Crippen molar-refractivity contribution in [3.05, 3.63) is 58.7 Å². The van der Waals surface area contributed by atoms with Gasteiger partial charge in [-0.1, -0.05) is 129 Å². The quantitative estimate of drug-likeness (QED) is 0.0445. The molecule has 2 atom stereocenters. The van der Waals surface area contributed by atoms with Crippen molar-refractivity contribution in [2.45, 2.75) is 156 Å². The van der Waals surface area contributed by atoms with E-state index in [1.807, 2.05) is 26.0 Å². The first-order valence-corrected chi connectivity index (χ1v) is 20.0. The molecule has 0 saturated heterocycles. The number of aromatic hydroxyl groups is 2. The summed E-state index contributed by atoms with van der Waals surface area (Å²) < 4.78 is 0. The number of unbranched alkanes of at least 4 members (excludes halogenated alkanes) is 10. The van der Waals surface area contributed by atoms with Gasteiger partial charge in [-0.25, -0.2) is 0 Å². The molecule has 10 heteroatoms. The van der Waals surface area contributed by atoms with Crippen LogP contribution in [0.15, 0.2) is 36.4 Å². The van der Waals surface area contributed by atoms with E-state index in [4.69, 9.17) is 0 Å². The van der Waals surface area contributed by atoms with E-state index in [1.165, 1.54) is 44.6 Å². The number of hydrogen-bond acceptors (Lipinski definition) is 6. The SMILES string of the molecule is CCCCCCCCc1cccc(C(=O)NNC(=O)C(CC)CCCC(CCC)C(=O)NNC(=O)c2cccc(CCCCCCCC)c2O)c1O. The third kappa shape index (κ3) is 15.7. The van der Waals surface area contributed by atoms with Gasteiger partial charge in [0, 0.05) is 11.8 Å². The van der Waals surface area contributed by atoms with Gasteiger partial charge in [0.1, 0.15) is 11.5 Å². The Bertz CT molecular complexity index is 1380. The molecule has 2 unspecified atom stereocenters. The molecule has 0 fully saturated rings. The van der Waals surface area contributed by atoms with Gasteiger partial charge in [-0.3, -0.25) is 40.9 Å². The molecule has 2 rings (SSSR count). The lowest BCUT2D eigenvalue weighted by Crippen LogP contribution is -2.45. The van der Waals surface area contributed by atoms with Crippen molar-refractivity contribution in [3.63, 3.8) is 0 Å². The second kappa shape index (κ2) is 25.8. The van der Waals surface area contributed by atoms with Crippen LogP contribution in [0.5, 0.6) is 11.5 Å². The van der Waals surface area contributed by atoms with Crippen LogP contribution in [0.4, 0.5) is 0 Å². The molecule has 0 aliphatic heterocycles. The number of carbonyl (C=O) groups excluding carboxylic acids is 4. The first-order chi connectivity index (χ1) is 25.2. The second-order valence-corrected chi connectivity index (χ2v) is 14.1. The third-order valence-electron chi connectivity index (χ3n) is 9.90. The number of rotatable bonds is 25. The van der Waals surface area contributed by atoms with Gasteiger partial charge >= 0.3 is 0 Å². The summed E-state index contributed by atoms with van der Waals surface area (Å²) >= 11 is 0. The van der Waals surface area contributed by atoms with E-state index in [0.717, 1.165) is 56.1 Å². The molecule has 0 radical (unpaired) electrons. The lowest BCUT2D eigenvalue weighted by molar-refractivity contribution is -0.126. The third-order valence-corrected chi connectivity index (χ3v) is 9.90. The van der Waals surface area contributed by atoms with Gasteiger partial charge in [-0.05, 0) is 74.6 Å². The molecule has 4 amide bonds. The average molecular weight is 723 g/mol. The summed E-state index contributed by atoms with van der Waals surface area (Å²) in [5, 5.41) is 21.5. The van der Waals surface area contributed by atoms with Gasteiger partial charge in [-0.15, -0.1) is 0 Å². The zero-order valence-corrected chi connectivity index (χ0v) is 32.3. The Hall–Kier alpha value is -4.08. The number of aryl methyl sites for hydroxylation is 2. The molecule has 6 N–H and O–H groups in total. The molecule has 290 valence electrons. The number of phenols is 2. The monoisotopic (exact) mass is 722 g/mol. The maximum absolute atomic E-state index is 13.1. The lowest BCUT2D eigenvalue weighted by Gasteiger charge is -2.19. The highest BCUT2D eigenvalue weighted by Crippen LogP contribution is 2.26. The minimum atomic E-state index is -0.579. The highest BCUT2D eigenvalue weighted by molar-refractivity contribution is 5.99. The van der Waals surface area contributed by atoms with E-state index >= 15 is 0 Å². The summed E-state index contributed by atoms with van der Waals surface area (Å²) in [6, 6.07) is 10.2. The van der Waals surface area contributed by atoms with Gasteiger partial charge in [0.15, 0.2) is 0 Å². The van der Waals surface area contributed by atoms with Gasteiger partial charge in [-0.2, -0.15) is 0 Å². The molecule has 0 saturated carbocycles. The Morgan fingerprint density at radius 1 is 0.500 bits per heavy atom. The number of nitrogens with one attached hydrogen (secondary N) is 4. The fourth-order valence-electron chi connectivity index (χ4n) is 6.61. The Morgan fingerprint density at radius 3 is 1.37 bits per heavy atom. The van der Waals surface area contributed by atoms with Crippen LogP contribution in [0.25, 0.3) is 0 Å². The van der Waals surface area contributed by atoms with Crippen LogP contribution in [-0.4, -0.2) is 33.8 Å². The minimum Gasteiger partial charge on any atom is -0.507 e. The highest BCUT2D eigenvalue weighted by Gasteiger charge is 2.23. The first-order valence-electron chi connectivity index (χ1n) is 20.0. The molecule has 52 heavy (non-hydrogen) atoms. The normalized spacial score (nSPS) is 12.2. The van der Waals surface area contributed by atoms with Gasteiger partial charge in [0.2, 0.25) is 11.8 Å². The van der Waals surface area contributed by atoms with E-state index < -0.39 is 11.8 Å². The average Bonchev–Trinajstić information content (AvgIpc) is 3.14. The number of amides is 4. The molecule has 0 heterocycles. The molecule has 0 aliphatic rings. The van der Waals surface area contributed by atoms with Gasteiger partial charge in [0.25, 0.3) is 11.8 Å². The van der Waals surface area contributed by atoms with Gasteiger partial charge < -0.3 is 10.2 Å². The Morgan fingerprint density at radius 2 is 0.923 bits per heavy atom. The number of para-hydroxylation sites is 2. The van der Waals surface area contributed by atoms with Crippen molar-refractivity contribution in [2.75, 3.05) is 0 Å². The van der Waals surface area contributed by atoms with E-state index in [9.17, 15) is 29.4 Å². The predicted octanol–water partition coefficient (Wildman–Crippen LogP) is 8.74. The van der Waals surface area contributed by atoms with Crippen molar-refractivity contribution >= 4 is 23.6 Å². The molecule has 0 aliphatic carbocycles. The van der Waals surface area contributed by atoms with Crippen molar-refractivity contribution in [1.82, 2.24) is 21.7 Å². The molecule has 0 bridgehead atoms. The maximum Gasteiger partial charge on any atom is 0.273 e. The summed E-state index contributed by atoms with van der Waals surface area (Å²) in [4.78, 5) is 51.9.